The van der Waals surface area contributed by atoms with Crippen LogP contribution >= 0.6 is 27.3 Å². The number of fused-ring (bicyclic) bond motifs is 1. The van der Waals surface area contributed by atoms with E-state index in [1.54, 1.807) is 0 Å². The van der Waals surface area contributed by atoms with Crippen LogP contribution in [0.3, 0.4) is 0 Å². The number of hydrazine groups is 1. The molecule has 0 aliphatic heterocycles. The second-order valence-corrected chi connectivity index (χ2v) is 7.06. The second-order valence-electron chi connectivity index (χ2n) is 4.95. The molecule has 3 N–H and O–H groups in total. The van der Waals surface area contributed by atoms with Crippen molar-refractivity contribution in [2.24, 2.45) is 5.84 Å². The van der Waals surface area contributed by atoms with Crippen molar-refractivity contribution in [1.82, 2.24) is 5.43 Å². The number of aryl methyl sites for hydroxylation is 1. The van der Waals surface area contributed by atoms with Gasteiger partial charge in [-0.15, -0.1) is 11.3 Å². The zero-order valence-corrected chi connectivity index (χ0v) is 14.1. The fourth-order valence-electron chi connectivity index (χ4n) is 2.38. The normalized spacial score (nSPS) is 12.9. The number of hydrogen-bond acceptors (Lipinski definition) is 4. The van der Waals surface area contributed by atoms with E-state index in [4.69, 9.17) is 10.3 Å². The molecule has 21 heavy (non-hydrogen) atoms. The van der Waals surface area contributed by atoms with Gasteiger partial charge in [0.2, 0.25) is 0 Å². The molecular formula is C16H17BrN2OS. The van der Waals surface area contributed by atoms with Gasteiger partial charge in [-0.05, 0) is 46.6 Å². The molecule has 0 bridgehead atoms. The lowest BCUT2D eigenvalue weighted by atomic mass is 10.1. The van der Waals surface area contributed by atoms with Gasteiger partial charge in [0.1, 0.15) is 11.3 Å². The third-order valence-corrected chi connectivity index (χ3v) is 5.41. The van der Waals surface area contributed by atoms with Gasteiger partial charge in [-0.3, -0.25) is 5.84 Å². The van der Waals surface area contributed by atoms with Crippen molar-refractivity contribution in [1.29, 1.82) is 0 Å². The lowest BCUT2D eigenvalue weighted by Crippen LogP contribution is -2.29. The van der Waals surface area contributed by atoms with Gasteiger partial charge in [0, 0.05) is 21.6 Å². The fourth-order valence-corrected chi connectivity index (χ4v) is 3.85. The molecule has 1 aromatic carbocycles. The molecule has 0 saturated carbocycles. The summed E-state index contributed by atoms with van der Waals surface area (Å²) in [5, 5.41) is 1.08. The summed E-state index contributed by atoms with van der Waals surface area (Å²) in [6.45, 7) is 2.17. The number of hydrogen-bond donors (Lipinski definition) is 2. The lowest BCUT2D eigenvalue weighted by Gasteiger charge is -2.11. The molecule has 3 nitrogen and oxygen atoms in total. The van der Waals surface area contributed by atoms with E-state index >= 15 is 0 Å². The van der Waals surface area contributed by atoms with Crippen LogP contribution in [0.4, 0.5) is 0 Å². The number of para-hydroxylation sites is 1. The summed E-state index contributed by atoms with van der Waals surface area (Å²) in [6.07, 6.45) is 1.90. The first-order chi connectivity index (χ1) is 10.2. The lowest BCUT2D eigenvalue weighted by molar-refractivity contribution is 0.435. The summed E-state index contributed by atoms with van der Waals surface area (Å²) >= 11 is 5.35. The Bertz CT molecular complexity index is 750. The quantitative estimate of drug-likeness (QED) is 0.515. The highest BCUT2D eigenvalue weighted by molar-refractivity contribution is 9.10. The first kappa shape index (κ1) is 14.8. The summed E-state index contributed by atoms with van der Waals surface area (Å²) in [7, 11) is 0. The minimum Gasteiger partial charge on any atom is -0.458 e. The van der Waals surface area contributed by atoms with Crippen LogP contribution in [0.25, 0.3) is 11.0 Å². The average molecular weight is 365 g/mol. The molecule has 1 atom stereocenters. The Labute approximate surface area is 136 Å². The maximum absolute atomic E-state index is 5.97. The molecule has 2 heterocycles. The van der Waals surface area contributed by atoms with Crippen molar-refractivity contribution in [3.63, 3.8) is 0 Å². The van der Waals surface area contributed by atoms with Crippen LogP contribution in [0.15, 0.2) is 45.3 Å². The molecule has 0 spiro atoms. The van der Waals surface area contributed by atoms with Crippen LogP contribution in [0.2, 0.25) is 0 Å². The molecule has 0 aliphatic rings. The molecule has 3 aromatic rings. The Morgan fingerprint density at radius 2 is 2.10 bits per heavy atom. The summed E-state index contributed by atoms with van der Waals surface area (Å²) < 4.78 is 6.94. The van der Waals surface area contributed by atoms with Crippen LogP contribution in [0.5, 0.6) is 0 Å². The van der Waals surface area contributed by atoms with Gasteiger partial charge in [-0.1, -0.05) is 19.1 Å². The number of nitrogens with two attached hydrogens (primary N) is 1. The Kier molecular flexibility index (Phi) is 4.45. The predicted molar refractivity (Wildman–Crippen MR) is 91.4 cm³/mol. The Balaban J connectivity index is 1.88. The van der Waals surface area contributed by atoms with E-state index < -0.39 is 0 Å². The van der Waals surface area contributed by atoms with Crippen LogP contribution in [-0.4, -0.2) is 0 Å². The highest BCUT2D eigenvalue weighted by Crippen LogP contribution is 2.31. The summed E-state index contributed by atoms with van der Waals surface area (Å²) in [5.74, 6) is 6.60. The molecule has 3 rings (SSSR count). The standard InChI is InChI=1S/C16H17BrN2OS/c1-2-11-6-7-12(21-11)9-14(19-18)15-8-10-4-3-5-13(17)16(10)20-15/h3-8,14,19H,2,9,18H2,1H3. The molecule has 0 fully saturated rings. The monoisotopic (exact) mass is 364 g/mol. The molecule has 0 saturated heterocycles. The summed E-state index contributed by atoms with van der Waals surface area (Å²) in [4.78, 5) is 2.71. The zero-order valence-electron chi connectivity index (χ0n) is 11.7. The van der Waals surface area contributed by atoms with Gasteiger partial charge >= 0.3 is 0 Å². The van der Waals surface area contributed by atoms with Gasteiger partial charge in [0.15, 0.2) is 0 Å². The van der Waals surface area contributed by atoms with Crippen molar-refractivity contribution in [3.8, 4) is 0 Å². The minimum atomic E-state index is -0.0207. The number of halogens is 1. The summed E-state index contributed by atoms with van der Waals surface area (Å²) in [6, 6.07) is 12.4. The van der Waals surface area contributed by atoms with Crippen LogP contribution in [0, 0.1) is 0 Å². The van der Waals surface area contributed by atoms with E-state index in [0.29, 0.717) is 0 Å². The molecule has 0 aliphatic carbocycles. The number of rotatable bonds is 5. The van der Waals surface area contributed by atoms with E-state index in [1.165, 1.54) is 9.75 Å². The van der Waals surface area contributed by atoms with Crippen molar-refractivity contribution in [2.75, 3.05) is 0 Å². The van der Waals surface area contributed by atoms with Gasteiger partial charge in [0.05, 0.1) is 10.5 Å². The maximum atomic E-state index is 5.97. The van der Waals surface area contributed by atoms with E-state index in [2.05, 4.69) is 46.5 Å². The Hall–Kier alpha value is -1.14. The Morgan fingerprint density at radius 3 is 2.76 bits per heavy atom. The second kappa shape index (κ2) is 6.32. The van der Waals surface area contributed by atoms with E-state index in [9.17, 15) is 0 Å². The SMILES string of the molecule is CCc1ccc(CC(NN)c2cc3cccc(Br)c3o2)s1. The van der Waals surface area contributed by atoms with Gasteiger partial charge in [-0.2, -0.15) is 0 Å². The van der Waals surface area contributed by atoms with Gasteiger partial charge < -0.3 is 4.42 Å². The first-order valence-corrected chi connectivity index (χ1v) is 8.54. The summed E-state index contributed by atoms with van der Waals surface area (Å²) in [5.41, 5.74) is 3.74. The van der Waals surface area contributed by atoms with Gasteiger partial charge in [0.25, 0.3) is 0 Å². The molecule has 0 radical (unpaired) electrons. The van der Waals surface area contributed by atoms with E-state index in [-0.39, 0.29) is 6.04 Å². The van der Waals surface area contributed by atoms with Crippen molar-refractivity contribution >= 4 is 38.2 Å². The number of thiophene rings is 1. The predicted octanol–water partition coefficient (Wildman–Crippen LogP) is 4.57. The van der Waals surface area contributed by atoms with Crippen molar-refractivity contribution in [2.45, 2.75) is 25.8 Å². The number of benzene rings is 1. The first-order valence-electron chi connectivity index (χ1n) is 6.93. The molecular weight excluding hydrogens is 348 g/mol. The molecule has 110 valence electrons. The zero-order chi connectivity index (χ0) is 14.8. The minimum absolute atomic E-state index is 0.0207. The van der Waals surface area contributed by atoms with Gasteiger partial charge in [-0.25, -0.2) is 5.43 Å². The maximum Gasteiger partial charge on any atom is 0.148 e. The van der Waals surface area contributed by atoms with Crippen LogP contribution in [0.1, 0.15) is 28.5 Å². The van der Waals surface area contributed by atoms with E-state index in [0.717, 1.165) is 34.0 Å². The molecule has 5 heteroatoms. The Morgan fingerprint density at radius 1 is 1.29 bits per heavy atom. The number of furan rings is 1. The highest BCUT2D eigenvalue weighted by Gasteiger charge is 2.17. The van der Waals surface area contributed by atoms with Crippen LogP contribution in [-0.2, 0) is 12.8 Å². The third kappa shape index (κ3) is 3.06. The average Bonchev–Trinajstić information content (AvgIpc) is 3.11. The number of nitrogens with one attached hydrogen (secondary N) is 1. The van der Waals surface area contributed by atoms with Crippen molar-refractivity contribution in [3.05, 3.63) is 56.4 Å². The topological polar surface area (TPSA) is 51.2 Å². The fraction of sp³-hybridized carbons (Fsp3) is 0.250. The third-order valence-electron chi connectivity index (χ3n) is 3.53. The van der Waals surface area contributed by atoms with Crippen LogP contribution < -0.4 is 11.3 Å². The highest BCUT2D eigenvalue weighted by atomic mass is 79.9. The molecule has 0 amide bonds. The van der Waals surface area contributed by atoms with E-state index in [1.807, 2.05) is 29.5 Å². The smallest absolute Gasteiger partial charge is 0.148 e. The van der Waals surface area contributed by atoms with Crippen molar-refractivity contribution < 1.29 is 4.42 Å². The molecule has 2 aromatic heterocycles. The largest absolute Gasteiger partial charge is 0.458 e. The molecule has 1 unspecified atom stereocenters.